The Bertz CT molecular complexity index is 1120. The van der Waals surface area contributed by atoms with Crippen LogP contribution in [0.4, 0.5) is 0 Å². The van der Waals surface area contributed by atoms with E-state index in [0.29, 0.717) is 0 Å². The Morgan fingerprint density at radius 2 is 1.32 bits per heavy atom. The Kier molecular flexibility index (Phi) is 3.78. The van der Waals surface area contributed by atoms with E-state index in [-0.39, 0.29) is 0 Å². The molecule has 0 atom stereocenters. The molecular formula is C22H14S3. The average molecular weight is 375 g/mol. The Hall–Kier alpha value is -2.20. The summed E-state index contributed by atoms with van der Waals surface area (Å²) in [6, 6.07) is 26.3. The number of benzene rings is 2. The Balaban J connectivity index is 1.80. The molecule has 0 fully saturated rings. The molecule has 0 spiro atoms. The van der Waals surface area contributed by atoms with Gasteiger partial charge in [0.15, 0.2) is 0 Å². The van der Waals surface area contributed by atoms with Crippen LogP contribution in [0.5, 0.6) is 0 Å². The number of hydrogen-bond donors (Lipinski definition) is 0. The summed E-state index contributed by atoms with van der Waals surface area (Å²) in [5, 5.41) is 6.92. The summed E-state index contributed by atoms with van der Waals surface area (Å²) in [7, 11) is 0. The smallest absolute Gasteiger partial charge is 0.0528 e. The van der Waals surface area contributed by atoms with E-state index in [2.05, 4.69) is 83.6 Å². The van der Waals surface area contributed by atoms with E-state index in [9.17, 15) is 0 Å². The van der Waals surface area contributed by atoms with Gasteiger partial charge in [0.2, 0.25) is 0 Å². The van der Waals surface area contributed by atoms with E-state index in [1.807, 2.05) is 34.0 Å². The van der Waals surface area contributed by atoms with Crippen molar-refractivity contribution in [3.05, 3.63) is 83.6 Å². The second-order valence-corrected chi connectivity index (χ2v) is 8.78. The summed E-state index contributed by atoms with van der Waals surface area (Å²) in [5.41, 5.74) is 2.66. The van der Waals surface area contributed by atoms with E-state index in [1.165, 1.54) is 41.4 Å². The molecule has 0 aliphatic rings. The van der Waals surface area contributed by atoms with Crippen LogP contribution < -0.4 is 0 Å². The summed E-state index contributed by atoms with van der Waals surface area (Å²) in [6.07, 6.45) is 0. The van der Waals surface area contributed by atoms with Crippen molar-refractivity contribution in [3.8, 4) is 30.6 Å². The first-order valence-electron chi connectivity index (χ1n) is 8.10. The highest BCUT2D eigenvalue weighted by Gasteiger charge is 2.16. The maximum absolute atomic E-state index is 2.37. The molecule has 0 bridgehead atoms. The lowest BCUT2D eigenvalue weighted by molar-refractivity contribution is 1.71. The van der Waals surface area contributed by atoms with Crippen molar-refractivity contribution in [2.75, 3.05) is 0 Å². The van der Waals surface area contributed by atoms with Crippen LogP contribution in [0, 0.1) is 0 Å². The van der Waals surface area contributed by atoms with Gasteiger partial charge in [-0.25, -0.2) is 0 Å². The van der Waals surface area contributed by atoms with Crippen molar-refractivity contribution >= 4 is 44.8 Å². The predicted octanol–water partition coefficient (Wildman–Crippen LogP) is 8.03. The molecule has 0 amide bonds. The van der Waals surface area contributed by atoms with Gasteiger partial charge in [-0.1, -0.05) is 54.6 Å². The first kappa shape index (κ1) is 15.1. The highest BCUT2D eigenvalue weighted by Crippen LogP contribution is 2.47. The van der Waals surface area contributed by atoms with E-state index in [0.717, 1.165) is 0 Å². The number of thiophene rings is 3. The van der Waals surface area contributed by atoms with Gasteiger partial charge in [-0.2, -0.15) is 0 Å². The molecule has 5 aromatic rings. The zero-order valence-corrected chi connectivity index (χ0v) is 15.8. The van der Waals surface area contributed by atoms with Crippen molar-refractivity contribution in [1.29, 1.82) is 0 Å². The summed E-state index contributed by atoms with van der Waals surface area (Å²) in [6.45, 7) is 0. The highest BCUT2D eigenvalue weighted by atomic mass is 32.1. The lowest BCUT2D eigenvalue weighted by Crippen LogP contribution is -1.80. The Morgan fingerprint density at radius 3 is 2.12 bits per heavy atom. The molecule has 3 aromatic heterocycles. The van der Waals surface area contributed by atoms with Gasteiger partial charge < -0.3 is 0 Å². The third kappa shape index (κ3) is 2.65. The maximum atomic E-state index is 2.37. The number of hydrogen-bond acceptors (Lipinski definition) is 3. The fraction of sp³-hybridized carbons (Fsp3) is 0. The van der Waals surface area contributed by atoms with Gasteiger partial charge >= 0.3 is 0 Å². The largest absolute Gasteiger partial charge is 0.143 e. The summed E-state index contributed by atoms with van der Waals surface area (Å²) in [5.74, 6) is 0. The van der Waals surface area contributed by atoms with Crippen LogP contribution in [-0.2, 0) is 0 Å². The minimum Gasteiger partial charge on any atom is -0.143 e. The van der Waals surface area contributed by atoms with Crippen LogP contribution in [0.3, 0.4) is 0 Å². The minimum atomic E-state index is 1.29. The first-order valence-corrected chi connectivity index (χ1v) is 10.7. The van der Waals surface area contributed by atoms with Gasteiger partial charge in [-0.05, 0) is 45.3 Å². The normalized spacial score (nSPS) is 11.2. The highest BCUT2D eigenvalue weighted by molar-refractivity contribution is 7.26. The fourth-order valence-electron chi connectivity index (χ4n) is 3.18. The summed E-state index contributed by atoms with van der Waals surface area (Å²) >= 11 is 5.52. The molecule has 0 nitrogen and oxygen atoms in total. The molecule has 3 heterocycles. The summed E-state index contributed by atoms with van der Waals surface area (Å²) < 4.78 is 0. The van der Waals surface area contributed by atoms with Crippen LogP contribution >= 0.6 is 34.0 Å². The second kappa shape index (κ2) is 6.26. The van der Waals surface area contributed by atoms with Crippen LogP contribution in [0.25, 0.3) is 41.4 Å². The van der Waals surface area contributed by atoms with Crippen LogP contribution in [-0.4, -0.2) is 0 Å². The molecule has 0 aliphatic heterocycles. The third-order valence-corrected chi connectivity index (χ3v) is 7.57. The molecule has 0 saturated carbocycles. The van der Waals surface area contributed by atoms with Gasteiger partial charge in [-0.15, -0.1) is 34.0 Å². The molecule has 120 valence electrons. The molecule has 0 saturated heterocycles. The van der Waals surface area contributed by atoms with E-state index in [1.54, 1.807) is 0 Å². The van der Waals surface area contributed by atoms with Gasteiger partial charge in [0.1, 0.15) is 0 Å². The first-order chi connectivity index (χ1) is 12.4. The molecule has 0 aliphatic carbocycles. The van der Waals surface area contributed by atoms with Gasteiger partial charge in [0, 0.05) is 20.2 Å². The van der Waals surface area contributed by atoms with Gasteiger partial charge in [-0.3, -0.25) is 0 Å². The quantitative estimate of drug-likeness (QED) is 0.300. The lowest BCUT2D eigenvalue weighted by Gasteiger charge is -2.07. The second-order valence-electron chi connectivity index (χ2n) is 5.83. The third-order valence-electron chi connectivity index (χ3n) is 4.32. The zero-order chi connectivity index (χ0) is 16.6. The van der Waals surface area contributed by atoms with E-state index in [4.69, 9.17) is 0 Å². The Labute approximate surface area is 158 Å². The van der Waals surface area contributed by atoms with Crippen molar-refractivity contribution in [3.63, 3.8) is 0 Å². The van der Waals surface area contributed by atoms with E-state index < -0.39 is 0 Å². The molecule has 0 radical (unpaired) electrons. The van der Waals surface area contributed by atoms with Gasteiger partial charge in [0.25, 0.3) is 0 Å². The Morgan fingerprint density at radius 1 is 0.560 bits per heavy atom. The fourth-order valence-corrected chi connectivity index (χ4v) is 6.05. The van der Waals surface area contributed by atoms with E-state index >= 15 is 0 Å². The van der Waals surface area contributed by atoms with Crippen LogP contribution in [0.15, 0.2) is 83.6 Å². The lowest BCUT2D eigenvalue weighted by atomic mass is 9.98. The molecule has 0 N–H and O–H groups in total. The van der Waals surface area contributed by atoms with Crippen LogP contribution in [0.1, 0.15) is 0 Å². The average Bonchev–Trinajstić information content (AvgIpc) is 3.41. The van der Waals surface area contributed by atoms with Crippen molar-refractivity contribution in [2.45, 2.75) is 0 Å². The zero-order valence-electron chi connectivity index (χ0n) is 13.3. The number of fused-ring (bicyclic) bond motifs is 1. The minimum absolute atomic E-state index is 1.29. The number of rotatable bonds is 3. The molecule has 25 heavy (non-hydrogen) atoms. The monoisotopic (exact) mass is 374 g/mol. The molecule has 5 rings (SSSR count). The van der Waals surface area contributed by atoms with Crippen molar-refractivity contribution < 1.29 is 0 Å². The molecule has 3 heteroatoms. The standard InChI is InChI=1S/C22H14S3/c1-2-8-16-15(6-1)7-3-9-17(16)18-14-21(19-10-4-12-23-19)25-22(18)20-11-5-13-24-20/h1-14H. The summed E-state index contributed by atoms with van der Waals surface area (Å²) in [4.78, 5) is 5.40. The topological polar surface area (TPSA) is 0 Å². The molecule has 0 unspecified atom stereocenters. The molecular weight excluding hydrogens is 360 g/mol. The SMILES string of the molecule is c1csc(-c2cc(-c3cccc4ccccc34)c(-c3cccs3)s2)c1. The van der Waals surface area contributed by atoms with Crippen molar-refractivity contribution in [2.24, 2.45) is 0 Å². The van der Waals surface area contributed by atoms with Crippen molar-refractivity contribution in [1.82, 2.24) is 0 Å². The van der Waals surface area contributed by atoms with Gasteiger partial charge in [0.05, 0.1) is 4.88 Å². The predicted molar refractivity (Wildman–Crippen MR) is 114 cm³/mol. The maximum Gasteiger partial charge on any atom is 0.0528 e. The van der Waals surface area contributed by atoms with Crippen LogP contribution in [0.2, 0.25) is 0 Å². The molecule has 2 aromatic carbocycles.